The maximum absolute atomic E-state index is 12.0. The van der Waals surface area contributed by atoms with E-state index in [-0.39, 0.29) is 18.8 Å². The van der Waals surface area contributed by atoms with Crippen molar-refractivity contribution >= 4 is 30.6 Å². The summed E-state index contributed by atoms with van der Waals surface area (Å²) in [5, 5.41) is 9.12. The zero-order valence-electron chi connectivity index (χ0n) is 11.6. The van der Waals surface area contributed by atoms with Crippen LogP contribution in [0, 0.1) is 0 Å². The Morgan fingerprint density at radius 2 is 1.90 bits per heavy atom. The van der Waals surface area contributed by atoms with Crippen molar-refractivity contribution in [1.82, 2.24) is 4.90 Å². The first-order chi connectivity index (χ1) is 9.97. The number of amides is 2. The van der Waals surface area contributed by atoms with Gasteiger partial charge in [-0.1, -0.05) is 30.3 Å². The van der Waals surface area contributed by atoms with Gasteiger partial charge in [0.2, 0.25) is 5.91 Å². The van der Waals surface area contributed by atoms with Gasteiger partial charge in [-0.3, -0.25) is 4.79 Å². The first kappa shape index (κ1) is 17.0. The van der Waals surface area contributed by atoms with Crippen molar-refractivity contribution in [3.05, 3.63) is 35.9 Å². The van der Waals surface area contributed by atoms with Crippen LogP contribution >= 0.6 is 12.6 Å². The van der Waals surface area contributed by atoms with Crippen LogP contribution in [0.15, 0.2) is 30.3 Å². The molecule has 2 amide bonds. The number of ether oxygens (including phenoxy) is 1. The summed E-state index contributed by atoms with van der Waals surface area (Å²) in [6.45, 7) is 1.09. The average molecular weight is 311 g/mol. The molecule has 0 bridgehead atoms. The molecule has 1 N–H and O–H groups in total. The van der Waals surface area contributed by atoms with Crippen LogP contribution in [0.2, 0.25) is 0 Å². The largest absolute Gasteiger partial charge is 0.480 e. The lowest BCUT2D eigenvalue weighted by molar-refractivity contribution is -0.148. The Labute approximate surface area is 128 Å². The van der Waals surface area contributed by atoms with Gasteiger partial charge in [-0.25, -0.2) is 14.5 Å². The number of aliphatic carboxylic acids is 1. The van der Waals surface area contributed by atoms with Gasteiger partial charge in [0.15, 0.2) is 0 Å². The van der Waals surface area contributed by atoms with E-state index in [1.165, 1.54) is 0 Å². The lowest BCUT2D eigenvalue weighted by atomic mass is 10.2. The van der Waals surface area contributed by atoms with Crippen LogP contribution in [0.25, 0.3) is 0 Å². The maximum atomic E-state index is 12.0. The second kappa shape index (κ2) is 8.31. The molecule has 0 aliphatic rings. The van der Waals surface area contributed by atoms with E-state index in [1.54, 1.807) is 24.3 Å². The number of carboxylic acids is 1. The van der Waals surface area contributed by atoms with E-state index in [0.717, 1.165) is 12.5 Å². The number of carbonyl (C=O) groups is 3. The highest BCUT2D eigenvalue weighted by Gasteiger charge is 2.33. The first-order valence-corrected chi connectivity index (χ1v) is 6.94. The average Bonchev–Trinajstić information content (AvgIpc) is 2.45. The molecule has 1 aromatic rings. The van der Waals surface area contributed by atoms with Crippen molar-refractivity contribution in [2.45, 2.75) is 26.0 Å². The van der Waals surface area contributed by atoms with E-state index in [9.17, 15) is 14.4 Å². The van der Waals surface area contributed by atoms with Crippen molar-refractivity contribution in [1.29, 1.82) is 0 Å². The van der Waals surface area contributed by atoms with E-state index < -0.39 is 24.0 Å². The molecule has 0 aliphatic heterocycles. The second-order valence-electron chi connectivity index (χ2n) is 4.30. The van der Waals surface area contributed by atoms with E-state index >= 15 is 0 Å². The molecular weight excluding hydrogens is 294 g/mol. The van der Waals surface area contributed by atoms with E-state index in [0.29, 0.717) is 4.90 Å². The predicted octanol–water partition coefficient (Wildman–Crippen LogP) is 1.94. The molecular formula is C14H17NO5S. The number of carboxylic acid groups (broad SMARTS) is 1. The number of hydrogen-bond donors (Lipinski definition) is 2. The number of imide groups is 1. The molecule has 0 spiro atoms. The zero-order valence-corrected chi connectivity index (χ0v) is 12.5. The van der Waals surface area contributed by atoms with Crippen molar-refractivity contribution in [3.63, 3.8) is 0 Å². The van der Waals surface area contributed by atoms with Gasteiger partial charge >= 0.3 is 12.1 Å². The Morgan fingerprint density at radius 3 is 2.38 bits per heavy atom. The van der Waals surface area contributed by atoms with Gasteiger partial charge in [-0.2, -0.15) is 12.6 Å². The summed E-state index contributed by atoms with van der Waals surface area (Å²) in [5.41, 5.74) is 0.746. The summed E-state index contributed by atoms with van der Waals surface area (Å²) < 4.78 is 5.01. The summed E-state index contributed by atoms with van der Waals surface area (Å²) in [4.78, 5) is 35.3. The minimum Gasteiger partial charge on any atom is -0.480 e. The van der Waals surface area contributed by atoms with Crippen LogP contribution in [0.4, 0.5) is 4.79 Å². The quantitative estimate of drug-likeness (QED) is 0.784. The smallest absolute Gasteiger partial charge is 0.417 e. The third kappa shape index (κ3) is 5.11. The topological polar surface area (TPSA) is 83.9 Å². The van der Waals surface area contributed by atoms with Crippen LogP contribution in [0.5, 0.6) is 0 Å². The molecule has 7 heteroatoms. The lowest BCUT2D eigenvalue weighted by Crippen LogP contribution is -2.48. The number of thiol groups is 1. The molecule has 114 valence electrons. The van der Waals surface area contributed by atoms with E-state index in [4.69, 9.17) is 9.84 Å². The fourth-order valence-corrected chi connectivity index (χ4v) is 1.99. The molecule has 0 radical (unpaired) electrons. The third-order valence-electron chi connectivity index (χ3n) is 2.74. The molecule has 0 unspecified atom stereocenters. The van der Waals surface area contributed by atoms with Crippen molar-refractivity contribution in [2.24, 2.45) is 0 Å². The summed E-state index contributed by atoms with van der Waals surface area (Å²) in [7, 11) is 0. The van der Waals surface area contributed by atoms with Crippen LogP contribution in [-0.4, -0.2) is 39.8 Å². The van der Waals surface area contributed by atoms with Crippen molar-refractivity contribution in [2.75, 3.05) is 5.75 Å². The Hall–Kier alpha value is -2.02. The summed E-state index contributed by atoms with van der Waals surface area (Å²) in [6, 6.07) is 7.63. The Morgan fingerprint density at radius 1 is 1.29 bits per heavy atom. The maximum Gasteiger partial charge on any atom is 0.417 e. The summed E-state index contributed by atoms with van der Waals surface area (Å²) >= 11 is 3.94. The molecule has 0 heterocycles. The normalized spacial score (nSPS) is 11.5. The lowest BCUT2D eigenvalue weighted by Gasteiger charge is -2.24. The Kier molecular flexibility index (Phi) is 6.74. The fraction of sp³-hybridized carbons (Fsp3) is 0.357. The number of nitrogens with zero attached hydrogens (tertiary/aromatic N) is 1. The number of hydrogen-bond acceptors (Lipinski definition) is 5. The zero-order chi connectivity index (χ0) is 15.8. The van der Waals surface area contributed by atoms with Gasteiger partial charge in [0, 0.05) is 6.92 Å². The molecule has 0 aromatic heterocycles. The Bertz CT molecular complexity index is 505. The van der Waals surface area contributed by atoms with Crippen molar-refractivity contribution < 1.29 is 24.2 Å². The number of benzene rings is 1. The molecule has 1 atom stereocenters. The van der Waals surface area contributed by atoms with Gasteiger partial charge in [0.25, 0.3) is 0 Å². The van der Waals surface area contributed by atoms with Crippen LogP contribution in [0.3, 0.4) is 0 Å². The highest BCUT2D eigenvalue weighted by atomic mass is 32.1. The minimum absolute atomic E-state index is 0.0311. The van der Waals surface area contributed by atoms with E-state index in [2.05, 4.69) is 12.6 Å². The highest BCUT2D eigenvalue weighted by molar-refractivity contribution is 7.80. The molecule has 0 aliphatic carbocycles. The monoisotopic (exact) mass is 311 g/mol. The summed E-state index contributed by atoms with van der Waals surface area (Å²) in [5.74, 6) is -1.72. The number of rotatable bonds is 6. The standard InChI is InChI=1S/C14H17NO5S/c1-10(16)15(12(7-8-21)13(17)18)14(19)20-9-11-5-3-2-4-6-11/h2-6,12,21H,7-9H2,1H3,(H,17,18)/t12-/m0/s1. The van der Waals surface area contributed by atoms with Gasteiger partial charge in [0.1, 0.15) is 12.6 Å². The molecule has 1 rings (SSSR count). The summed E-state index contributed by atoms with van der Waals surface area (Å²) in [6.07, 6.45) is -0.918. The van der Waals surface area contributed by atoms with Gasteiger partial charge in [0.05, 0.1) is 0 Å². The molecule has 0 fully saturated rings. The fourth-order valence-electron chi connectivity index (χ4n) is 1.75. The van der Waals surface area contributed by atoms with Crippen molar-refractivity contribution in [3.8, 4) is 0 Å². The molecule has 6 nitrogen and oxygen atoms in total. The predicted molar refractivity (Wildman–Crippen MR) is 79.0 cm³/mol. The first-order valence-electron chi connectivity index (χ1n) is 6.31. The van der Waals surface area contributed by atoms with Gasteiger partial charge < -0.3 is 9.84 Å². The van der Waals surface area contributed by atoms with Gasteiger partial charge in [-0.15, -0.1) is 0 Å². The molecule has 1 aromatic carbocycles. The second-order valence-corrected chi connectivity index (χ2v) is 4.74. The van der Waals surface area contributed by atoms with Crippen LogP contribution < -0.4 is 0 Å². The van der Waals surface area contributed by atoms with Gasteiger partial charge in [-0.05, 0) is 17.7 Å². The Balaban J connectivity index is 2.77. The third-order valence-corrected chi connectivity index (χ3v) is 3.00. The van der Waals surface area contributed by atoms with Crippen LogP contribution in [-0.2, 0) is 20.9 Å². The molecule has 0 saturated carbocycles. The molecule has 0 saturated heterocycles. The minimum atomic E-state index is -1.27. The highest BCUT2D eigenvalue weighted by Crippen LogP contribution is 2.11. The molecule has 21 heavy (non-hydrogen) atoms. The number of carbonyl (C=O) groups excluding carboxylic acids is 2. The van der Waals surface area contributed by atoms with Crippen LogP contribution in [0.1, 0.15) is 18.9 Å². The van der Waals surface area contributed by atoms with E-state index in [1.807, 2.05) is 6.07 Å². The SMILES string of the molecule is CC(=O)N(C(=O)OCc1ccccc1)[C@@H](CCS)C(=O)O.